The van der Waals surface area contributed by atoms with Crippen molar-refractivity contribution < 1.29 is 0 Å². The Labute approximate surface area is 108 Å². The van der Waals surface area contributed by atoms with Gasteiger partial charge in [-0.05, 0) is 51.1 Å². The highest BCUT2D eigenvalue weighted by atomic mass is 35.5. The van der Waals surface area contributed by atoms with Gasteiger partial charge >= 0.3 is 0 Å². The van der Waals surface area contributed by atoms with Crippen molar-refractivity contribution in [2.24, 2.45) is 7.05 Å². The molecule has 0 radical (unpaired) electrons. The maximum atomic E-state index is 6.20. The number of fused-ring (bicyclic) bond motifs is 1. The zero-order valence-corrected chi connectivity index (χ0v) is 11.7. The molecule has 1 heterocycles. The second-order valence-electron chi connectivity index (χ2n) is 4.55. The summed E-state index contributed by atoms with van der Waals surface area (Å²) in [5.41, 5.74) is 5.20. The summed E-state index contributed by atoms with van der Waals surface area (Å²) in [5.74, 6) is 0. The number of hydrogen-bond acceptors (Lipinski definition) is 1. The van der Waals surface area contributed by atoms with Crippen molar-refractivity contribution >= 4 is 22.5 Å². The van der Waals surface area contributed by atoms with Crippen LogP contribution in [0.15, 0.2) is 12.1 Å². The van der Waals surface area contributed by atoms with E-state index < -0.39 is 0 Å². The molecule has 0 saturated carbocycles. The fourth-order valence-electron chi connectivity index (χ4n) is 2.48. The van der Waals surface area contributed by atoms with Crippen LogP contribution in [-0.4, -0.2) is 18.2 Å². The molecule has 2 rings (SSSR count). The third kappa shape index (κ3) is 1.96. The summed E-state index contributed by atoms with van der Waals surface area (Å²) in [4.78, 5) is 0. The number of aromatic nitrogens is 1. The fraction of sp³-hybridized carbons (Fsp3) is 0.429. The summed E-state index contributed by atoms with van der Waals surface area (Å²) in [5, 5.41) is 5.39. The smallest absolute Gasteiger partial charge is 0.0527 e. The Morgan fingerprint density at radius 3 is 2.65 bits per heavy atom. The molecule has 1 aromatic carbocycles. The third-order valence-corrected chi connectivity index (χ3v) is 4.00. The Kier molecular flexibility index (Phi) is 3.45. The van der Waals surface area contributed by atoms with Crippen LogP contribution in [0.2, 0.25) is 5.02 Å². The first kappa shape index (κ1) is 12.5. The summed E-state index contributed by atoms with van der Waals surface area (Å²) in [6.07, 6.45) is 1.06. The van der Waals surface area contributed by atoms with Gasteiger partial charge in [0.05, 0.1) is 5.52 Å². The number of rotatable bonds is 3. The lowest BCUT2D eigenvalue weighted by Crippen LogP contribution is -2.10. The summed E-state index contributed by atoms with van der Waals surface area (Å²) in [7, 11) is 4.10. The molecule has 0 atom stereocenters. The van der Waals surface area contributed by atoms with E-state index in [0.29, 0.717) is 0 Å². The van der Waals surface area contributed by atoms with E-state index in [2.05, 4.69) is 36.8 Å². The Bertz CT molecular complexity index is 555. The number of likely N-dealkylation sites (N-methyl/N-ethyl adjacent to an activating group) is 1. The molecular formula is C14H19ClN2. The van der Waals surface area contributed by atoms with E-state index in [1.54, 1.807) is 0 Å². The summed E-state index contributed by atoms with van der Waals surface area (Å²) in [6.45, 7) is 5.27. The molecule has 0 aliphatic carbocycles. The predicted octanol–water partition coefficient (Wildman–Crippen LogP) is 3.21. The summed E-state index contributed by atoms with van der Waals surface area (Å²) >= 11 is 6.20. The second kappa shape index (κ2) is 4.71. The molecule has 1 N–H and O–H groups in total. The van der Waals surface area contributed by atoms with Crippen LogP contribution < -0.4 is 5.32 Å². The van der Waals surface area contributed by atoms with Crippen LogP contribution in [0.25, 0.3) is 10.9 Å². The van der Waals surface area contributed by atoms with Crippen molar-refractivity contribution in [2.45, 2.75) is 20.3 Å². The molecule has 0 spiro atoms. The van der Waals surface area contributed by atoms with Crippen molar-refractivity contribution in [3.8, 4) is 0 Å². The van der Waals surface area contributed by atoms with Crippen molar-refractivity contribution in [1.82, 2.24) is 9.88 Å². The Balaban J connectivity index is 2.69. The van der Waals surface area contributed by atoms with Gasteiger partial charge in [-0.3, -0.25) is 0 Å². The monoisotopic (exact) mass is 250 g/mol. The van der Waals surface area contributed by atoms with Crippen LogP contribution >= 0.6 is 11.6 Å². The molecule has 2 aromatic rings. The fourth-order valence-corrected chi connectivity index (χ4v) is 2.63. The van der Waals surface area contributed by atoms with Crippen LogP contribution in [-0.2, 0) is 13.5 Å². The molecule has 0 bridgehead atoms. The van der Waals surface area contributed by atoms with Crippen LogP contribution in [0.3, 0.4) is 0 Å². The van der Waals surface area contributed by atoms with E-state index >= 15 is 0 Å². The summed E-state index contributed by atoms with van der Waals surface area (Å²) < 4.78 is 2.25. The van der Waals surface area contributed by atoms with E-state index in [0.717, 1.165) is 18.0 Å². The maximum Gasteiger partial charge on any atom is 0.0527 e. The minimum absolute atomic E-state index is 0.846. The van der Waals surface area contributed by atoms with Crippen molar-refractivity contribution in [3.05, 3.63) is 34.0 Å². The van der Waals surface area contributed by atoms with Crippen molar-refractivity contribution in [3.63, 3.8) is 0 Å². The molecule has 92 valence electrons. The average molecular weight is 251 g/mol. The minimum Gasteiger partial charge on any atom is -0.347 e. The Hall–Kier alpha value is -0.990. The Morgan fingerprint density at radius 1 is 1.29 bits per heavy atom. The molecule has 2 nitrogen and oxygen atoms in total. The van der Waals surface area contributed by atoms with Gasteiger partial charge in [-0.15, -0.1) is 0 Å². The highest BCUT2D eigenvalue weighted by Gasteiger charge is 2.14. The molecule has 0 aliphatic heterocycles. The molecule has 0 saturated heterocycles. The quantitative estimate of drug-likeness (QED) is 0.885. The number of halogens is 1. The van der Waals surface area contributed by atoms with Gasteiger partial charge in [-0.2, -0.15) is 0 Å². The zero-order chi connectivity index (χ0) is 12.6. The van der Waals surface area contributed by atoms with Gasteiger partial charge in [0.1, 0.15) is 0 Å². The molecule has 0 aliphatic rings. The first-order chi connectivity index (χ1) is 8.07. The molecular weight excluding hydrogens is 232 g/mol. The van der Waals surface area contributed by atoms with Gasteiger partial charge < -0.3 is 9.88 Å². The standard InChI is InChI=1S/C14H19ClN2/c1-9-13(15)6-5-12-11(7-8-16-3)10(2)17(4)14(9)12/h5-6,16H,7-8H2,1-4H3. The number of benzene rings is 1. The SMILES string of the molecule is CNCCc1c(C)n(C)c2c(C)c(Cl)ccc12. The largest absolute Gasteiger partial charge is 0.347 e. The first-order valence-corrected chi connectivity index (χ1v) is 6.33. The van der Waals surface area contributed by atoms with E-state index in [9.17, 15) is 0 Å². The molecule has 0 unspecified atom stereocenters. The number of nitrogens with zero attached hydrogens (tertiary/aromatic N) is 1. The zero-order valence-electron chi connectivity index (χ0n) is 10.9. The van der Waals surface area contributed by atoms with E-state index in [-0.39, 0.29) is 0 Å². The number of aryl methyl sites for hydroxylation is 2. The van der Waals surface area contributed by atoms with Gasteiger partial charge in [-0.25, -0.2) is 0 Å². The van der Waals surface area contributed by atoms with Crippen LogP contribution in [0.1, 0.15) is 16.8 Å². The van der Waals surface area contributed by atoms with Crippen LogP contribution in [0.4, 0.5) is 0 Å². The molecule has 0 amide bonds. The van der Waals surface area contributed by atoms with Gasteiger partial charge in [0.15, 0.2) is 0 Å². The van der Waals surface area contributed by atoms with Crippen LogP contribution in [0, 0.1) is 13.8 Å². The molecule has 0 fully saturated rings. The van der Waals surface area contributed by atoms with Gasteiger partial charge in [-0.1, -0.05) is 17.7 Å². The lowest BCUT2D eigenvalue weighted by atomic mass is 10.1. The van der Waals surface area contributed by atoms with E-state index in [1.807, 2.05) is 13.1 Å². The first-order valence-electron chi connectivity index (χ1n) is 5.95. The van der Waals surface area contributed by atoms with E-state index in [4.69, 9.17) is 11.6 Å². The number of nitrogens with one attached hydrogen (secondary N) is 1. The van der Waals surface area contributed by atoms with Crippen molar-refractivity contribution in [1.29, 1.82) is 0 Å². The lowest BCUT2D eigenvalue weighted by Gasteiger charge is -2.03. The predicted molar refractivity (Wildman–Crippen MR) is 75.0 cm³/mol. The highest BCUT2D eigenvalue weighted by molar-refractivity contribution is 6.32. The van der Waals surface area contributed by atoms with Gasteiger partial charge in [0.2, 0.25) is 0 Å². The molecule has 17 heavy (non-hydrogen) atoms. The van der Waals surface area contributed by atoms with Crippen LogP contribution in [0.5, 0.6) is 0 Å². The maximum absolute atomic E-state index is 6.20. The second-order valence-corrected chi connectivity index (χ2v) is 4.95. The third-order valence-electron chi connectivity index (χ3n) is 3.59. The van der Waals surface area contributed by atoms with Crippen molar-refractivity contribution in [2.75, 3.05) is 13.6 Å². The number of hydrogen-bond donors (Lipinski definition) is 1. The average Bonchev–Trinajstić information content (AvgIpc) is 2.55. The normalized spacial score (nSPS) is 11.4. The highest BCUT2D eigenvalue weighted by Crippen LogP contribution is 2.31. The Morgan fingerprint density at radius 2 is 2.00 bits per heavy atom. The van der Waals surface area contributed by atoms with E-state index in [1.165, 1.54) is 27.7 Å². The minimum atomic E-state index is 0.846. The molecule has 1 aromatic heterocycles. The van der Waals surface area contributed by atoms with Gasteiger partial charge in [0.25, 0.3) is 0 Å². The summed E-state index contributed by atoms with van der Waals surface area (Å²) in [6, 6.07) is 4.14. The molecule has 3 heteroatoms. The van der Waals surface area contributed by atoms with Gasteiger partial charge in [0, 0.05) is 23.2 Å². The lowest BCUT2D eigenvalue weighted by molar-refractivity contribution is 0.783. The topological polar surface area (TPSA) is 17.0 Å².